The summed E-state index contributed by atoms with van der Waals surface area (Å²) in [6.45, 7) is 4.97. The van der Waals surface area contributed by atoms with Crippen LogP contribution in [0.3, 0.4) is 0 Å². The molecule has 0 amide bonds. The van der Waals surface area contributed by atoms with E-state index in [1.54, 1.807) is 0 Å². The van der Waals surface area contributed by atoms with Crippen LogP contribution in [-0.4, -0.2) is 35.8 Å². The minimum Gasteiger partial charge on any atom is -0.409 e. The first-order valence-electron chi connectivity index (χ1n) is 5.51. The van der Waals surface area contributed by atoms with Gasteiger partial charge in [0.05, 0.1) is 6.10 Å². The van der Waals surface area contributed by atoms with Crippen molar-refractivity contribution in [2.75, 3.05) is 6.61 Å². The SMILES string of the molecule is CCC(CC(N)=NO)NC1CCOC1C. The second kappa shape index (κ2) is 5.92. The zero-order chi connectivity index (χ0) is 11.3. The van der Waals surface area contributed by atoms with Gasteiger partial charge in [-0.1, -0.05) is 12.1 Å². The molecule has 1 heterocycles. The Balaban J connectivity index is 2.39. The first-order chi connectivity index (χ1) is 7.17. The van der Waals surface area contributed by atoms with Gasteiger partial charge in [0.15, 0.2) is 0 Å². The van der Waals surface area contributed by atoms with E-state index in [2.05, 4.69) is 24.3 Å². The topological polar surface area (TPSA) is 79.9 Å². The summed E-state index contributed by atoms with van der Waals surface area (Å²) in [4.78, 5) is 0. The van der Waals surface area contributed by atoms with Gasteiger partial charge in [0.25, 0.3) is 0 Å². The van der Waals surface area contributed by atoms with E-state index in [9.17, 15) is 0 Å². The monoisotopic (exact) mass is 215 g/mol. The van der Waals surface area contributed by atoms with E-state index < -0.39 is 0 Å². The molecule has 4 N–H and O–H groups in total. The van der Waals surface area contributed by atoms with Gasteiger partial charge in [-0.2, -0.15) is 0 Å². The van der Waals surface area contributed by atoms with Crippen LogP contribution in [0, 0.1) is 0 Å². The molecule has 1 saturated heterocycles. The number of ether oxygens (including phenoxy) is 1. The summed E-state index contributed by atoms with van der Waals surface area (Å²) < 4.78 is 5.47. The van der Waals surface area contributed by atoms with Crippen LogP contribution in [0.5, 0.6) is 0 Å². The molecule has 5 nitrogen and oxygen atoms in total. The molecule has 0 aromatic rings. The number of amidine groups is 1. The maximum atomic E-state index is 8.50. The summed E-state index contributed by atoms with van der Waals surface area (Å²) >= 11 is 0. The Bertz CT molecular complexity index is 221. The smallest absolute Gasteiger partial charge is 0.140 e. The summed E-state index contributed by atoms with van der Waals surface area (Å²) in [5.41, 5.74) is 5.49. The van der Waals surface area contributed by atoms with Crippen molar-refractivity contribution in [3.63, 3.8) is 0 Å². The summed E-state index contributed by atoms with van der Waals surface area (Å²) in [7, 11) is 0. The molecule has 0 aromatic heterocycles. The molecule has 0 saturated carbocycles. The lowest BCUT2D eigenvalue weighted by molar-refractivity contribution is 0.111. The fourth-order valence-corrected chi connectivity index (χ4v) is 1.87. The van der Waals surface area contributed by atoms with Crippen LogP contribution in [0.1, 0.15) is 33.1 Å². The molecule has 0 spiro atoms. The first kappa shape index (κ1) is 12.3. The van der Waals surface area contributed by atoms with E-state index in [-0.39, 0.29) is 18.0 Å². The van der Waals surface area contributed by atoms with Crippen LogP contribution in [0.4, 0.5) is 0 Å². The molecular formula is C10H21N3O2. The standard InChI is InChI=1S/C10H21N3O2/c1-3-8(6-10(11)13-14)12-9-4-5-15-7(9)2/h7-9,12,14H,3-6H2,1-2H3,(H2,11,13). The Hall–Kier alpha value is -0.810. The number of oxime groups is 1. The number of nitrogens with zero attached hydrogens (tertiary/aromatic N) is 1. The minimum atomic E-state index is 0.256. The molecule has 1 aliphatic heterocycles. The summed E-state index contributed by atoms with van der Waals surface area (Å²) in [5.74, 6) is 0.279. The van der Waals surface area contributed by atoms with Crippen molar-refractivity contribution in [2.24, 2.45) is 10.9 Å². The highest BCUT2D eigenvalue weighted by Crippen LogP contribution is 2.14. The predicted octanol–water partition coefficient (Wildman–Crippen LogP) is 0.669. The number of hydrogen-bond acceptors (Lipinski definition) is 4. The van der Waals surface area contributed by atoms with E-state index in [1.165, 1.54) is 0 Å². The lowest BCUT2D eigenvalue weighted by Crippen LogP contribution is -2.43. The molecule has 1 aliphatic rings. The third-order valence-corrected chi connectivity index (χ3v) is 2.90. The van der Waals surface area contributed by atoms with Crippen LogP contribution in [0.2, 0.25) is 0 Å². The van der Waals surface area contributed by atoms with Crippen molar-refractivity contribution >= 4 is 5.84 Å². The van der Waals surface area contributed by atoms with E-state index in [0.717, 1.165) is 19.4 Å². The highest BCUT2D eigenvalue weighted by atomic mass is 16.5. The third-order valence-electron chi connectivity index (χ3n) is 2.90. The average Bonchev–Trinajstić information content (AvgIpc) is 2.63. The van der Waals surface area contributed by atoms with Crippen molar-refractivity contribution in [1.82, 2.24) is 5.32 Å². The third kappa shape index (κ3) is 3.68. The first-order valence-corrected chi connectivity index (χ1v) is 5.51. The molecule has 15 heavy (non-hydrogen) atoms. The Morgan fingerprint density at radius 3 is 2.93 bits per heavy atom. The van der Waals surface area contributed by atoms with Crippen molar-refractivity contribution in [2.45, 2.75) is 51.3 Å². The average molecular weight is 215 g/mol. The molecule has 1 rings (SSSR count). The molecular weight excluding hydrogens is 194 g/mol. The van der Waals surface area contributed by atoms with E-state index in [4.69, 9.17) is 15.7 Å². The second-order valence-electron chi connectivity index (χ2n) is 4.04. The predicted molar refractivity (Wildman–Crippen MR) is 59.1 cm³/mol. The molecule has 0 bridgehead atoms. The fourth-order valence-electron chi connectivity index (χ4n) is 1.87. The van der Waals surface area contributed by atoms with Gasteiger partial charge in [-0.15, -0.1) is 0 Å². The van der Waals surface area contributed by atoms with Crippen LogP contribution in [0.15, 0.2) is 5.16 Å². The number of rotatable bonds is 5. The minimum absolute atomic E-state index is 0.256. The number of nitrogens with one attached hydrogen (secondary N) is 1. The van der Waals surface area contributed by atoms with Gasteiger partial charge in [0, 0.05) is 25.1 Å². The Morgan fingerprint density at radius 2 is 2.47 bits per heavy atom. The summed E-state index contributed by atoms with van der Waals surface area (Å²) in [6.07, 6.45) is 2.83. The Kier molecular flexibility index (Phi) is 4.84. The molecule has 88 valence electrons. The van der Waals surface area contributed by atoms with Gasteiger partial charge < -0.3 is 21.0 Å². The molecule has 1 fully saturated rings. The highest BCUT2D eigenvalue weighted by molar-refractivity contribution is 5.80. The van der Waals surface area contributed by atoms with Crippen molar-refractivity contribution in [3.8, 4) is 0 Å². The maximum Gasteiger partial charge on any atom is 0.140 e. The van der Waals surface area contributed by atoms with Crippen molar-refractivity contribution in [1.29, 1.82) is 0 Å². The van der Waals surface area contributed by atoms with Gasteiger partial charge >= 0.3 is 0 Å². The Labute approximate surface area is 90.7 Å². The van der Waals surface area contributed by atoms with Crippen molar-refractivity contribution in [3.05, 3.63) is 0 Å². The molecule has 3 unspecified atom stereocenters. The Morgan fingerprint density at radius 1 is 1.73 bits per heavy atom. The fraction of sp³-hybridized carbons (Fsp3) is 0.900. The zero-order valence-electron chi connectivity index (χ0n) is 9.44. The molecule has 5 heteroatoms. The quantitative estimate of drug-likeness (QED) is 0.272. The molecule has 3 atom stereocenters. The van der Waals surface area contributed by atoms with E-state index in [0.29, 0.717) is 12.5 Å². The number of hydrogen-bond donors (Lipinski definition) is 3. The molecule has 0 aromatic carbocycles. The summed E-state index contributed by atoms with van der Waals surface area (Å²) in [6, 6.07) is 0.650. The summed E-state index contributed by atoms with van der Waals surface area (Å²) in [5, 5.41) is 15.0. The highest BCUT2D eigenvalue weighted by Gasteiger charge is 2.26. The van der Waals surface area contributed by atoms with Crippen molar-refractivity contribution < 1.29 is 9.94 Å². The second-order valence-corrected chi connectivity index (χ2v) is 4.04. The van der Waals surface area contributed by atoms with Gasteiger partial charge in [-0.05, 0) is 19.8 Å². The lowest BCUT2D eigenvalue weighted by atomic mass is 10.1. The van der Waals surface area contributed by atoms with Crippen LogP contribution in [-0.2, 0) is 4.74 Å². The number of nitrogens with two attached hydrogens (primary N) is 1. The molecule has 0 aliphatic carbocycles. The van der Waals surface area contributed by atoms with E-state index >= 15 is 0 Å². The van der Waals surface area contributed by atoms with Gasteiger partial charge in [0.2, 0.25) is 0 Å². The normalized spacial score (nSPS) is 29.3. The van der Waals surface area contributed by atoms with Crippen LogP contribution < -0.4 is 11.1 Å². The molecule has 0 radical (unpaired) electrons. The van der Waals surface area contributed by atoms with E-state index in [1.807, 2.05) is 0 Å². The van der Waals surface area contributed by atoms with Gasteiger partial charge in [-0.3, -0.25) is 0 Å². The van der Waals surface area contributed by atoms with Crippen LogP contribution in [0.25, 0.3) is 0 Å². The zero-order valence-corrected chi connectivity index (χ0v) is 9.44. The van der Waals surface area contributed by atoms with Crippen LogP contribution >= 0.6 is 0 Å². The van der Waals surface area contributed by atoms with Gasteiger partial charge in [0.1, 0.15) is 5.84 Å². The lowest BCUT2D eigenvalue weighted by Gasteiger charge is -2.23. The largest absolute Gasteiger partial charge is 0.409 e. The van der Waals surface area contributed by atoms with Gasteiger partial charge in [-0.25, -0.2) is 0 Å². The maximum absolute atomic E-state index is 8.50.